The molecule has 2 aromatic carbocycles. The summed E-state index contributed by atoms with van der Waals surface area (Å²) in [5, 5.41) is 12.9. The molecule has 3 N–H and O–H groups in total. The van der Waals surface area contributed by atoms with Crippen molar-refractivity contribution in [1.29, 1.82) is 0 Å². The van der Waals surface area contributed by atoms with E-state index in [-0.39, 0.29) is 10.0 Å². The van der Waals surface area contributed by atoms with E-state index in [0.29, 0.717) is 38.5 Å². The zero-order valence-electron chi connectivity index (χ0n) is 18.6. The molecular weight excluding hydrogens is 561 g/mol. The Labute approximate surface area is 214 Å². The van der Waals surface area contributed by atoms with Crippen molar-refractivity contribution in [3.8, 4) is 0 Å². The molecule has 0 bridgehead atoms. The number of carbonyl (C=O) groups is 3. The zero-order valence-corrected chi connectivity index (χ0v) is 20.1. The third-order valence-corrected chi connectivity index (χ3v) is 5.47. The minimum absolute atomic E-state index is 0.0561. The molecule has 0 fully saturated rings. The van der Waals surface area contributed by atoms with Crippen LogP contribution in [0.25, 0.3) is 0 Å². The number of methoxy groups -OCH3 is 2. The van der Waals surface area contributed by atoms with Gasteiger partial charge < -0.3 is 25.2 Å². The lowest BCUT2D eigenvalue weighted by atomic mass is 9.93. The lowest BCUT2D eigenvalue weighted by Gasteiger charge is -2.35. The minimum atomic E-state index is -5.59. The standard InChI is InChI=1S/C21H16Cl2F6N2O6/c1-36-16(33)18(35,20(24,25)26)10-3-6-12(7-4-10)30-19(17(34)37-2,21(27,28)29)31-15(32)13-8-5-11(22)9-14(13)23/h3-9,30,35H,1-2H3,(H,31,32)/t18-,19+/m0/s1. The van der Waals surface area contributed by atoms with Crippen LogP contribution >= 0.6 is 23.2 Å². The van der Waals surface area contributed by atoms with Crippen LogP contribution in [0.1, 0.15) is 15.9 Å². The molecule has 2 rings (SSSR count). The van der Waals surface area contributed by atoms with E-state index in [0.717, 1.165) is 18.2 Å². The summed E-state index contributed by atoms with van der Waals surface area (Å²) in [6.07, 6.45) is -11.2. The van der Waals surface area contributed by atoms with Crippen LogP contribution in [-0.2, 0) is 24.7 Å². The van der Waals surface area contributed by atoms with Crippen molar-refractivity contribution in [1.82, 2.24) is 5.32 Å². The van der Waals surface area contributed by atoms with E-state index in [1.807, 2.05) is 0 Å². The topological polar surface area (TPSA) is 114 Å². The van der Waals surface area contributed by atoms with Gasteiger partial charge in [0.1, 0.15) is 0 Å². The van der Waals surface area contributed by atoms with E-state index < -0.39 is 58.3 Å². The van der Waals surface area contributed by atoms with Gasteiger partial charge in [-0.15, -0.1) is 0 Å². The smallest absolute Gasteiger partial charge is 0.441 e. The molecule has 2 aromatic rings. The van der Waals surface area contributed by atoms with Gasteiger partial charge in [0.15, 0.2) is 0 Å². The summed E-state index contributed by atoms with van der Waals surface area (Å²) in [4.78, 5) is 36.7. The van der Waals surface area contributed by atoms with E-state index in [2.05, 4.69) is 9.47 Å². The lowest BCUT2D eigenvalue weighted by molar-refractivity contribution is -0.266. The van der Waals surface area contributed by atoms with Crippen LogP contribution in [0, 0.1) is 0 Å². The summed E-state index contributed by atoms with van der Waals surface area (Å²) in [5.41, 5.74) is -10.4. The summed E-state index contributed by atoms with van der Waals surface area (Å²) in [7, 11) is 1.17. The highest BCUT2D eigenvalue weighted by Crippen LogP contribution is 2.41. The van der Waals surface area contributed by atoms with E-state index in [9.17, 15) is 45.8 Å². The Hall–Kier alpha value is -3.23. The molecule has 202 valence electrons. The second-order valence-corrected chi connectivity index (χ2v) is 8.06. The van der Waals surface area contributed by atoms with Crippen LogP contribution in [0.2, 0.25) is 10.0 Å². The fourth-order valence-corrected chi connectivity index (χ4v) is 3.51. The van der Waals surface area contributed by atoms with Crippen molar-refractivity contribution in [2.45, 2.75) is 23.6 Å². The molecule has 1 amide bonds. The third-order valence-electron chi connectivity index (χ3n) is 4.92. The first-order chi connectivity index (χ1) is 16.9. The number of amides is 1. The maximum Gasteiger partial charge on any atom is 0.441 e. The number of halogens is 8. The number of ether oxygens (including phenoxy) is 2. The van der Waals surface area contributed by atoms with Crippen molar-refractivity contribution in [2.75, 3.05) is 19.5 Å². The maximum atomic E-state index is 14.2. The Morgan fingerprint density at radius 2 is 1.38 bits per heavy atom. The molecule has 0 unspecified atom stereocenters. The number of aliphatic hydroxyl groups is 1. The second-order valence-electron chi connectivity index (χ2n) is 7.22. The predicted octanol–water partition coefficient (Wildman–Crippen LogP) is 4.19. The van der Waals surface area contributed by atoms with Gasteiger partial charge in [0.25, 0.3) is 11.5 Å². The number of carbonyl (C=O) groups excluding carboxylic acids is 3. The first kappa shape index (κ1) is 30.0. The summed E-state index contributed by atoms with van der Waals surface area (Å²) < 4.78 is 91.2. The van der Waals surface area contributed by atoms with Gasteiger partial charge in [-0.25, -0.2) is 9.59 Å². The average molecular weight is 577 g/mol. The largest absolute Gasteiger partial charge is 0.466 e. The van der Waals surface area contributed by atoms with Crippen molar-refractivity contribution >= 4 is 46.7 Å². The van der Waals surface area contributed by atoms with Gasteiger partial charge in [0.2, 0.25) is 0 Å². The van der Waals surface area contributed by atoms with Crippen LogP contribution in [0.4, 0.5) is 32.0 Å². The van der Waals surface area contributed by atoms with Crippen molar-refractivity contribution < 1.29 is 55.3 Å². The molecule has 0 saturated heterocycles. The molecule has 0 aliphatic rings. The number of rotatable bonds is 7. The molecule has 0 radical (unpaired) electrons. The number of alkyl halides is 6. The van der Waals surface area contributed by atoms with Gasteiger partial charge in [-0.05, 0) is 30.3 Å². The Morgan fingerprint density at radius 3 is 1.81 bits per heavy atom. The SMILES string of the molecule is COC(=O)[C@](NC(=O)c1ccc(Cl)cc1Cl)(Nc1ccc([C@](O)(C(=O)OC)C(F)(F)F)cc1)C(F)(F)F. The molecule has 37 heavy (non-hydrogen) atoms. The predicted molar refractivity (Wildman–Crippen MR) is 117 cm³/mol. The lowest BCUT2D eigenvalue weighted by Crippen LogP contribution is -2.69. The van der Waals surface area contributed by atoms with Crippen molar-refractivity contribution in [2.24, 2.45) is 0 Å². The fourth-order valence-electron chi connectivity index (χ4n) is 3.01. The molecule has 0 heterocycles. The number of hydrogen-bond donors (Lipinski definition) is 3. The maximum absolute atomic E-state index is 14.2. The Bertz CT molecular complexity index is 1190. The summed E-state index contributed by atoms with van der Waals surface area (Å²) in [5.74, 6) is -5.65. The molecule has 8 nitrogen and oxygen atoms in total. The van der Waals surface area contributed by atoms with E-state index in [1.54, 1.807) is 5.32 Å². The first-order valence-electron chi connectivity index (χ1n) is 9.63. The van der Waals surface area contributed by atoms with Gasteiger partial charge >= 0.3 is 30.0 Å². The molecule has 0 aliphatic carbocycles. The number of benzene rings is 2. The minimum Gasteiger partial charge on any atom is -0.466 e. The molecule has 0 saturated carbocycles. The molecule has 2 atom stereocenters. The number of esters is 2. The summed E-state index contributed by atoms with van der Waals surface area (Å²) in [6, 6.07) is 5.27. The van der Waals surface area contributed by atoms with Gasteiger partial charge in [0, 0.05) is 16.3 Å². The van der Waals surface area contributed by atoms with E-state index in [1.165, 1.54) is 5.32 Å². The van der Waals surface area contributed by atoms with Crippen molar-refractivity contribution in [3.05, 3.63) is 63.6 Å². The fraction of sp³-hybridized carbons (Fsp3) is 0.286. The quantitative estimate of drug-likeness (QED) is 0.257. The monoisotopic (exact) mass is 576 g/mol. The van der Waals surface area contributed by atoms with Gasteiger partial charge in [0.05, 0.1) is 24.8 Å². The van der Waals surface area contributed by atoms with Crippen LogP contribution < -0.4 is 10.6 Å². The van der Waals surface area contributed by atoms with Gasteiger partial charge in [-0.3, -0.25) is 4.79 Å². The van der Waals surface area contributed by atoms with Gasteiger partial charge in [-0.1, -0.05) is 35.3 Å². The summed E-state index contributed by atoms with van der Waals surface area (Å²) >= 11 is 11.6. The highest BCUT2D eigenvalue weighted by molar-refractivity contribution is 6.36. The number of anilines is 1. The van der Waals surface area contributed by atoms with E-state index in [4.69, 9.17) is 23.2 Å². The van der Waals surface area contributed by atoms with Crippen LogP contribution in [-0.4, -0.2) is 55.2 Å². The van der Waals surface area contributed by atoms with Crippen LogP contribution in [0.15, 0.2) is 42.5 Å². The third kappa shape index (κ3) is 5.70. The first-order valence-corrected chi connectivity index (χ1v) is 10.4. The number of nitrogens with one attached hydrogen (secondary N) is 2. The Morgan fingerprint density at radius 1 is 0.838 bits per heavy atom. The number of hydrogen-bond acceptors (Lipinski definition) is 7. The van der Waals surface area contributed by atoms with Crippen LogP contribution in [0.5, 0.6) is 0 Å². The highest BCUT2D eigenvalue weighted by atomic mass is 35.5. The highest BCUT2D eigenvalue weighted by Gasteiger charge is 2.64. The molecule has 16 heteroatoms. The second kappa shape index (κ2) is 10.6. The Kier molecular flexibility index (Phi) is 8.62. The average Bonchev–Trinajstić information content (AvgIpc) is 2.80. The Balaban J connectivity index is 2.57. The van der Waals surface area contributed by atoms with Crippen molar-refractivity contribution in [3.63, 3.8) is 0 Å². The normalized spacial score (nSPS) is 15.1. The molecule has 0 aliphatic heterocycles. The summed E-state index contributed by atoms with van der Waals surface area (Å²) in [6.45, 7) is 0. The van der Waals surface area contributed by atoms with Crippen LogP contribution in [0.3, 0.4) is 0 Å². The molecule has 0 aromatic heterocycles. The van der Waals surface area contributed by atoms with Gasteiger partial charge in [-0.2, -0.15) is 26.3 Å². The molecule has 0 spiro atoms. The van der Waals surface area contributed by atoms with E-state index >= 15 is 0 Å². The molecular formula is C21H16Cl2F6N2O6. The zero-order chi connectivity index (χ0) is 28.4.